The molecule has 0 saturated heterocycles. The van der Waals surface area contributed by atoms with Gasteiger partial charge in [-0.2, -0.15) is 10.4 Å². The van der Waals surface area contributed by atoms with E-state index in [4.69, 9.17) is 5.26 Å². The summed E-state index contributed by atoms with van der Waals surface area (Å²) in [5.41, 5.74) is -0.0640. The first-order valence-corrected chi connectivity index (χ1v) is 6.06. The molecule has 18 heavy (non-hydrogen) atoms. The number of nitrogens with zero attached hydrogens (tertiary/aromatic N) is 3. The molecule has 0 spiro atoms. The van der Waals surface area contributed by atoms with E-state index < -0.39 is 0 Å². The molecule has 1 aromatic heterocycles. The molecule has 3 rings (SSSR count). The third-order valence-corrected chi connectivity index (χ3v) is 3.66. The molecule has 4 nitrogen and oxygen atoms in total. The van der Waals surface area contributed by atoms with Gasteiger partial charge in [-0.3, -0.25) is 4.79 Å². The Bertz CT molecular complexity index is 692. The van der Waals surface area contributed by atoms with Crippen molar-refractivity contribution in [2.45, 2.75) is 25.8 Å². The molecule has 0 N–H and O–H groups in total. The Balaban J connectivity index is 2.01. The van der Waals surface area contributed by atoms with Crippen LogP contribution in [0, 0.1) is 16.7 Å². The van der Waals surface area contributed by atoms with Gasteiger partial charge in [0.2, 0.25) is 0 Å². The summed E-state index contributed by atoms with van der Waals surface area (Å²) in [7, 11) is 0. The minimum atomic E-state index is -0.0580. The van der Waals surface area contributed by atoms with E-state index in [1.807, 2.05) is 24.3 Å². The van der Waals surface area contributed by atoms with Gasteiger partial charge in [-0.05, 0) is 18.9 Å². The predicted molar refractivity (Wildman–Crippen MR) is 67.9 cm³/mol. The van der Waals surface area contributed by atoms with Gasteiger partial charge in [-0.1, -0.05) is 18.2 Å². The highest BCUT2D eigenvalue weighted by Gasteiger charge is 2.43. The molecule has 0 radical (unpaired) electrons. The molecule has 1 heterocycles. The Kier molecular flexibility index (Phi) is 2.41. The number of hydrogen-bond acceptors (Lipinski definition) is 3. The Morgan fingerprint density at radius 2 is 2.17 bits per heavy atom. The zero-order chi connectivity index (χ0) is 12.6. The predicted octanol–water partition coefficient (Wildman–Crippen LogP) is 2.09. The lowest BCUT2D eigenvalue weighted by Gasteiger charge is -2.12. The number of rotatable bonds is 3. The minimum absolute atomic E-state index is 0.00592. The largest absolute Gasteiger partial charge is 0.274 e. The first-order chi connectivity index (χ1) is 8.74. The van der Waals surface area contributed by atoms with Crippen LogP contribution in [0.25, 0.3) is 10.8 Å². The van der Waals surface area contributed by atoms with Crippen LogP contribution in [0.3, 0.4) is 0 Å². The molecule has 90 valence electrons. The average molecular weight is 239 g/mol. The lowest BCUT2D eigenvalue weighted by Crippen LogP contribution is -2.27. The fraction of sp³-hybridized carbons (Fsp3) is 0.357. The second-order valence-corrected chi connectivity index (χ2v) is 5.03. The molecule has 4 heteroatoms. The Morgan fingerprint density at radius 1 is 1.39 bits per heavy atom. The van der Waals surface area contributed by atoms with Crippen LogP contribution in [0.4, 0.5) is 0 Å². The molecule has 0 aliphatic heterocycles. The zero-order valence-corrected chi connectivity index (χ0v) is 9.97. The monoisotopic (exact) mass is 239 g/mol. The van der Waals surface area contributed by atoms with Crippen molar-refractivity contribution < 1.29 is 0 Å². The maximum absolute atomic E-state index is 12.3. The summed E-state index contributed by atoms with van der Waals surface area (Å²) in [5.74, 6) is 0. The topological polar surface area (TPSA) is 58.7 Å². The molecular formula is C14H13N3O. The summed E-state index contributed by atoms with van der Waals surface area (Å²) in [6.45, 7) is 0.560. The molecule has 0 amide bonds. The van der Waals surface area contributed by atoms with Crippen molar-refractivity contribution in [3.8, 4) is 6.07 Å². The van der Waals surface area contributed by atoms with Crippen LogP contribution in [0.2, 0.25) is 0 Å². The second kappa shape index (κ2) is 3.95. The minimum Gasteiger partial charge on any atom is -0.267 e. The van der Waals surface area contributed by atoms with Gasteiger partial charge in [-0.25, -0.2) is 4.68 Å². The van der Waals surface area contributed by atoms with E-state index in [1.165, 1.54) is 4.68 Å². The van der Waals surface area contributed by atoms with Crippen LogP contribution in [0.1, 0.15) is 19.3 Å². The number of aromatic nitrogens is 2. The Morgan fingerprint density at radius 3 is 2.89 bits per heavy atom. The van der Waals surface area contributed by atoms with E-state index in [9.17, 15) is 4.79 Å². The molecule has 1 saturated carbocycles. The van der Waals surface area contributed by atoms with Crippen LogP contribution < -0.4 is 5.56 Å². The Hall–Kier alpha value is -2.15. The smallest absolute Gasteiger partial charge is 0.267 e. The van der Waals surface area contributed by atoms with Gasteiger partial charge in [0.1, 0.15) is 0 Å². The van der Waals surface area contributed by atoms with Crippen LogP contribution in [-0.2, 0) is 6.54 Å². The van der Waals surface area contributed by atoms with Crippen molar-refractivity contribution in [1.29, 1.82) is 5.26 Å². The maximum Gasteiger partial charge on any atom is 0.274 e. The summed E-state index contributed by atoms with van der Waals surface area (Å²) in [5, 5.41) is 14.6. The van der Waals surface area contributed by atoms with Crippen LogP contribution >= 0.6 is 0 Å². The van der Waals surface area contributed by atoms with Gasteiger partial charge in [0.15, 0.2) is 0 Å². The standard InChI is InChI=1S/C14H13N3O/c15-8-7-14(5-6-14)10-17-13(18)12-4-2-1-3-11(12)9-16-17/h1-4,9H,5-7,10H2. The van der Waals surface area contributed by atoms with Crippen molar-refractivity contribution >= 4 is 10.8 Å². The third-order valence-electron chi connectivity index (χ3n) is 3.66. The first kappa shape index (κ1) is 11.0. The molecule has 2 aromatic rings. The van der Waals surface area contributed by atoms with Gasteiger partial charge in [0.25, 0.3) is 5.56 Å². The molecule has 1 aliphatic rings. The summed E-state index contributed by atoms with van der Waals surface area (Å²) in [6.07, 6.45) is 4.26. The van der Waals surface area contributed by atoms with E-state index in [2.05, 4.69) is 11.2 Å². The number of hydrogen-bond donors (Lipinski definition) is 0. The van der Waals surface area contributed by atoms with Crippen LogP contribution in [0.15, 0.2) is 35.3 Å². The van der Waals surface area contributed by atoms with E-state index in [0.29, 0.717) is 18.4 Å². The lowest BCUT2D eigenvalue weighted by molar-refractivity contribution is 0.393. The summed E-state index contributed by atoms with van der Waals surface area (Å²) < 4.78 is 1.51. The van der Waals surface area contributed by atoms with E-state index in [1.54, 1.807) is 6.20 Å². The molecule has 0 unspecified atom stereocenters. The van der Waals surface area contributed by atoms with Gasteiger partial charge in [0, 0.05) is 17.2 Å². The van der Waals surface area contributed by atoms with Crippen LogP contribution in [-0.4, -0.2) is 9.78 Å². The first-order valence-electron chi connectivity index (χ1n) is 6.06. The number of nitriles is 1. The summed E-state index contributed by atoms with van der Waals surface area (Å²) in [4.78, 5) is 12.3. The van der Waals surface area contributed by atoms with Gasteiger partial charge in [0.05, 0.1) is 24.2 Å². The molecule has 1 aliphatic carbocycles. The fourth-order valence-corrected chi connectivity index (χ4v) is 2.29. The molecule has 1 aromatic carbocycles. The second-order valence-electron chi connectivity index (χ2n) is 5.03. The number of fused-ring (bicyclic) bond motifs is 1. The van der Waals surface area contributed by atoms with E-state index in [0.717, 1.165) is 18.2 Å². The molecule has 0 atom stereocenters. The SMILES string of the molecule is N#CCC1(Cn2ncc3ccccc3c2=O)CC1. The summed E-state index contributed by atoms with van der Waals surface area (Å²) >= 11 is 0. The highest BCUT2D eigenvalue weighted by molar-refractivity contribution is 5.80. The van der Waals surface area contributed by atoms with Crippen molar-refractivity contribution in [2.24, 2.45) is 5.41 Å². The zero-order valence-electron chi connectivity index (χ0n) is 9.97. The summed E-state index contributed by atoms with van der Waals surface area (Å²) in [6, 6.07) is 9.66. The van der Waals surface area contributed by atoms with Crippen molar-refractivity contribution in [1.82, 2.24) is 9.78 Å². The van der Waals surface area contributed by atoms with Gasteiger partial charge >= 0.3 is 0 Å². The lowest BCUT2D eigenvalue weighted by atomic mass is 10.0. The fourth-order valence-electron chi connectivity index (χ4n) is 2.29. The quantitative estimate of drug-likeness (QED) is 0.824. The highest BCUT2D eigenvalue weighted by Crippen LogP contribution is 2.49. The van der Waals surface area contributed by atoms with Gasteiger partial charge in [-0.15, -0.1) is 0 Å². The van der Waals surface area contributed by atoms with Crippen molar-refractivity contribution in [2.75, 3.05) is 0 Å². The van der Waals surface area contributed by atoms with Crippen molar-refractivity contribution in [3.05, 3.63) is 40.8 Å². The van der Waals surface area contributed by atoms with E-state index in [-0.39, 0.29) is 11.0 Å². The average Bonchev–Trinajstić information content (AvgIpc) is 3.14. The third kappa shape index (κ3) is 1.78. The van der Waals surface area contributed by atoms with Crippen LogP contribution in [0.5, 0.6) is 0 Å². The number of benzene rings is 1. The van der Waals surface area contributed by atoms with Gasteiger partial charge < -0.3 is 0 Å². The molecular weight excluding hydrogens is 226 g/mol. The maximum atomic E-state index is 12.3. The Labute approximate surface area is 104 Å². The molecule has 0 bridgehead atoms. The highest BCUT2D eigenvalue weighted by atomic mass is 16.1. The van der Waals surface area contributed by atoms with E-state index >= 15 is 0 Å². The van der Waals surface area contributed by atoms with Crippen molar-refractivity contribution in [3.63, 3.8) is 0 Å². The molecule has 1 fully saturated rings. The normalized spacial score (nSPS) is 16.4.